The molecule has 1 heterocycles. The van der Waals surface area contributed by atoms with Gasteiger partial charge in [0.25, 0.3) is 0 Å². The number of allylic oxidation sites excluding steroid dienone is 2. The fourth-order valence-electron chi connectivity index (χ4n) is 2.25. The number of aliphatic hydroxyl groups excluding tert-OH is 1. The van der Waals surface area contributed by atoms with Crippen molar-refractivity contribution in [1.29, 1.82) is 0 Å². The quantitative estimate of drug-likeness (QED) is 0.327. The number of benzene rings is 2. The molecule has 0 amide bonds. The number of para-hydroxylation sites is 1. The molecular weight excluding hydrogens is 483 g/mol. The van der Waals surface area contributed by atoms with E-state index in [2.05, 4.69) is 23.3 Å². The van der Waals surface area contributed by atoms with Gasteiger partial charge in [-0.2, -0.15) is 0 Å². The van der Waals surface area contributed by atoms with E-state index in [0.29, 0.717) is 0 Å². The molecule has 0 atom stereocenters. The third-order valence-corrected chi connectivity index (χ3v) is 3.13. The van der Waals surface area contributed by atoms with E-state index in [1.165, 1.54) is 25.3 Å². The minimum atomic E-state index is -0.125. The Balaban J connectivity index is 0.000000312. The normalized spacial score (nSPS) is 10.5. The van der Waals surface area contributed by atoms with Crippen LogP contribution in [0.1, 0.15) is 13.8 Å². The molecule has 0 unspecified atom stereocenters. The summed E-state index contributed by atoms with van der Waals surface area (Å²) in [7, 11) is 1.97. The summed E-state index contributed by atoms with van der Waals surface area (Å²) in [5.74, 6) is -0.0625. The predicted octanol–water partition coefficient (Wildman–Crippen LogP) is 4.08. The average Bonchev–Trinajstić information content (AvgIpc) is 2.85. The van der Waals surface area contributed by atoms with Crippen molar-refractivity contribution in [1.82, 2.24) is 9.78 Å². The van der Waals surface area contributed by atoms with Gasteiger partial charge in [0.2, 0.25) is 0 Å². The Labute approximate surface area is 156 Å². The molecule has 128 valence electrons. The fourth-order valence-corrected chi connectivity index (χ4v) is 2.25. The molecule has 0 aliphatic carbocycles. The Morgan fingerprint density at radius 1 is 1.17 bits per heavy atom. The first-order valence-electron chi connectivity index (χ1n) is 7.25. The van der Waals surface area contributed by atoms with Gasteiger partial charge in [0.15, 0.2) is 5.78 Å². The summed E-state index contributed by atoms with van der Waals surface area (Å²) in [6.45, 7) is 2.85. The van der Waals surface area contributed by atoms with Crippen molar-refractivity contribution in [2.24, 2.45) is 7.05 Å². The first-order chi connectivity index (χ1) is 11.0. The van der Waals surface area contributed by atoms with Crippen LogP contribution in [0.4, 0.5) is 0 Å². The molecule has 3 aromatic rings. The van der Waals surface area contributed by atoms with Gasteiger partial charge in [-0.05, 0) is 25.3 Å². The molecule has 0 aliphatic rings. The van der Waals surface area contributed by atoms with E-state index in [1.807, 2.05) is 48.1 Å². The van der Waals surface area contributed by atoms with E-state index >= 15 is 0 Å². The third-order valence-electron chi connectivity index (χ3n) is 3.13. The summed E-state index contributed by atoms with van der Waals surface area (Å²) in [6, 6.07) is 19.4. The standard InChI is InChI=1S/C14H11N2.C5H8O2.Pt/c1-16-13-10-6-5-9-12(13)14(15-16)11-7-3-2-4-8-11;1-4(6)3-5(2)7;/h2-7,9-10H,1H3;3,6H,1-2H3;/q-1;;/b;4-3-;. The fraction of sp³-hybridized carbons (Fsp3) is 0.158. The molecule has 1 aromatic heterocycles. The van der Waals surface area contributed by atoms with Crippen molar-refractivity contribution >= 4 is 16.7 Å². The van der Waals surface area contributed by atoms with E-state index in [-0.39, 0.29) is 32.6 Å². The minimum Gasteiger partial charge on any atom is -0.512 e. The minimum absolute atomic E-state index is 0. The van der Waals surface area contributed by atoms with Gasteiger partial charge in [0, 0.05) is 39.9 Å². The molecule has 3 rings (SSSR count). The van der Waals surface area contributed by atoms with Crippen LogP contribution in [-0.4, -0.2) is 20.7 Å². The Morgan fingerprint density at radius 2 is 1.83 bits per heavy atom. The van der Waals surface area contributed by atoms with Crippen LogP contribution in [0, 0.1) is 6.07 Å². The van der Waals surface area contributed by atoms with Crippen LogP contribution in [0.15, 0.2) is 60.4 Å². The van der Waals surface area contributed by atoms with Gasteiger partial charge in [-0.3, -0.25) is 9.48 Å². The number of rotatable bonds is 2. The average molecular weight is 502 g/mol. The number of carbonyl (C=O) groups excluding carboxylic acids is 1. The van der Waals surface area contributed by atoms with E-state index in [1.54, 1.807) is 0 Å². The van der Waals surface area contributed by atoms with Crippen LogP contribution in [0.25, 0.3) is 22.2 Å². The van der Waals surface area contributed by atoms with Crippen LogP contribution in [0.3, 0.4) is 0 Å². The summed E-state index contributed by atoms with van der Waals surface area (Å²) >= 11 is 0. The van der Waals surface area contributed by atoms with Crippen LogP contribution >= 0.6 is 0 Å². The summed E-state index contributed by atoms with van der Waals surface area (Å²) in [6.07, 6.45) is 1.17. The summed E-state index contributed by atoms with van der Waals surface area (Å²) in [5, 5.41) is 14.1. The molecule has 5 heteroatoms. The van der Waals surface area contributed by atoms with Gasteiger partial charge in [0.1, 0.15) is 0 Å². The van der Waals surface area contributed by atoms with Crippen LogP contribution in [0.2, 0.25) is 0 Å². The number of ketones is 1. The molecule has 0 saturated carbocycles. The maximum Gasteiger partial charge on any atom is 0.155 e. The number of carbonyl (C=O) groups is 1. The predicted molar refractivity (Wildman–Crippen MR) is 92.1 cm³/mol. The van der Waals surface area contributed by atoms with Gasteiger partial charge >= 0.3 is 0 Å². The second-order valence-electron chi connectivity index (χ2n) is 5.16. The van der Waals surface area contributed by atoms with Gasteiger partial charge < -0.3 is 5.11 Å². The Morgan fingerprint density at radius 3 is 2.38 bits per heavy atom. The molecular formula is C19H19N2O2Pt-. The van der Waals surface area contributed by atoms with Crippen molar-refractivity contribution in [2.75, 3.05) is 0 Å². The first-order valence-corrected chi connectivity index (χ1v) is 7.25. The number of aliphatic hydroxyl groups is 1. The van der Waals surface area contributed by atoms with Crippen molar-refractivity contribution in [3.63, 3.8) is 0 Å². The first kappa shape index (κ1) is 19.9. The molecule has 0 saturated heterocycles. The molecule has 0 radical (unpaired) electrons. The Bertz CT molecular complexity index is 835. The topological polar surface area (TPSA) is 55.1 Å². The molecule has 0 aliphatic heterocycles. The third kappa shape index (κ3) is 5.17. The zero-order chi connectivity index (χ0) is 16.8. The van der Waals surface area contributed by atoms with Crippen LogP contribution in [-0.2, 0) is 32.9 Å². The van der Waals surface area contributed by atoms with Gasteiger partial charge in [0.05, 0.1) is 11.3 Å². The summed E-state index contributed by atoms with van der Waals surface area (Å²) in [4.78, 5) is 10.0. The van der Waals surface area contributed by atoms with E-state index in [0.717, 1.165) is 16.8 Å². The molecule has 0 bridgehead atoms. The Hall–Kier alpha value is -2.19. The number of fused-ring (bicyclic) bond motifs is 1. The van der Waals surface area contributed by atoms with E-state index in [9.17, 15) is 4.79 Å². The second-order valence-corrected chi connectivity index (χ2v) is 5.16. The van der Waals surface area contributed by atoms with Crippen molar-refractivity contribution < 1.29 is 31.0 Å². The number of nitrogens with zero attached hydrogens (tertiary/aromatic N) is 2. The molecule has 0 fully saturated rings. The number of aryl methyl sites for hydroxylation is 1. The largest absolute Gasteiger partial charge is 0.512 e. The molecule has 2 aromatic carbocycles. The Kier molecular flexibility index (Phi) is 7.60. The van der Waals surface area contributed by atoms with Gasteiger partial charge in [-0.15, -0.1) is 35.9 Å². The monoisotopic (exact) mass is 502 g/mol. The van der Waals surface area contributed by atoms with E-state index < -0.39 is 0 Å². The van der Waals surface area contributed by atoms with Crippen molar-refractivity contribution in [3.8, 4) is 11.3 Å². The smallest absolute Gasteiger partial charge is 0.155 e. The molecule has 4 nitrogen and oxygen atoms in total. The number of aromatic nitrogens is 2. The summed E-state index contributed by atoms with van der Waals surface area (Å²) < 4.78 is 1.91. The zero-order valence-electron chi connectivity index (χ0n) is 13.8. The molecule has 24 heavy (non-hydrogen) atoms. The van der Waals surface area contributed by atoms with Gasteiger partial charge in [-0.1, -0.05) is 18.2 Å². The number of hydrogen-bond donors (Lipinski definition) is 1. The van der Waals surface area contributed by atoms with Crippen molar-refractivity contribution in [2.45, 2.75) is 13.8 Å². The number of hydrogen-bond acceptors (Lipinski definition) is 3. The van der Waals surface area contributed by atoms with Crippen molar-refractivity contribution in [3.05, 3.63) is 66.4 Å². The molecule has 0 spiro atoms. The van der Waals surface area contributed by atoms with Crippen LogP contribution < -0.4 is 0 Å². The maximum atomic E-state index is 10.0. The zero-order valence-corrected chi connectivity index (χ0v) is 16.0. The van der Waals surface area contributed by atoms with Crippen LogP contribution in [0.5, 0.6) is 0 Å². The second kappa shape index (κ2) is 9.19. The molecule has 1 N–H and O–H groups in total. The SMILES string of the molecule is CC(=O)/C=C(/C)O.Cn1nc(-c2[c-]cccc2)c2ccccc21.[Pt]. The van der Waals surface area contributed by atoms with E-state index in [4.69, 9.17) is 5.11 Å². The maximum absolute atomic E-state index is 10.0. The summed E-state index contributed by atoms with van der Waals surface area (Å²) in [5.41, 5.74) is 3.19. The van der Waals surface area contributed by atoms with Gasteiger partial charge in [-0.25, -0.2) is 5.10 Å².